The van der Waals surface area contributed by atoms with Crippen LogP contribution in [0.3, 0.4) is 0 Å². The minimum Gasteiger partial charge on any atom is -0.303 e. The number of carbonyl (C=O) groups excluding carboxylic acids is 1. The first-order valence-corrected chi connectivity index (χ1v) is 4.77. The van der Waals surface area contributed by atoms with E-state index >= 15 is 0 Å². The van der Waals surface area contributed by atoms with Crippen molar-refractivity contribution in [3.05, 3.63) is 35.9 Å². The zero-order chi connectivity index (χ0) is 10.0. The Morgan fingerprint density at radius 3 is 2.71 bits per heavy atom. The second kappa shape index (κ2) is 3.31. The summed E-state index contributed by atoms with van der Waals surface area (Å²) in [5.74, 6) is 6.48. The molecule has 1 aromatic carbocycles. The van der Waals surface area contributed by atoms with Gasteiger partial charge in [-0.05, 0) is 18.6 Å². The van der Waals surface area contributed by atoms with E-state index < -0.39 is 0 Å². The summed E-state index contributed by atoms with van der Waals surface area (Å²) in [4.78, 5) is 10.6. The maximum Gasteiger partial charge on any atom is 0.127 e. The highest BCUT2D eigenvalue weighted by molar-refractivity contribution is 5.65. The molecule has 1 aromatic rings. The fraction of sp³-hybridized carbons (Fsp3) is 0.308. The van der Waals surface area contributed by atoms with Crippen molar-refractivity contribution in [1.82, 2.24) is 0 Å². The molecule has 1 heteroatoms. The Morgan fingerprint density at radius 2 is 2.14 bits per heavy atom. The molecule has 0 heterocycles. The van der Waals surface area contributed by atoms with Gasteiger partial charge in [-0.3, -0.25) is 0 Å². The summed E-state index contributed by atoms with van der Waals surface area (Å²) in [6.07, 6.45) is 1.94. The smallest absolute Gasteiger partial charge is 0.127 e. The van der Waals surface area contributed by atoms with Crippen molar-refractivity contribution in [3.8, 4) is 11.8 Å². The highest BCUT2D eigenvalue weighted by atomic mass is 16.1. The Labute approximate surface area is 84.1 Å². The van der Waals surface area contributed by atoms with Crippen LogP contribution < -0.4 is 0 Å². The molecule has 0 saturated heterocycles. The lowest BCUT2D eigenvalue weighted by Gasteiger charge is -1.92. The van der Waals surface area contributed by atoms with E-state index in [1.165, 1.54) is 0 Å². The van der Waals surface area contributed by atoms with E-state index in [0.29, 0.717) is 0 Å². The predicted octanol–water partition coefficient (Wildman–Crippen LogP) is 2.26. The lowest BCUT2D eigenvalue weighted by Crippen LogP contribution is -1.96. The van der Waals surface area contributed by atoms with Crippen molar-refractivity contribution >= 4 is 6.29 Å². The number of hydrogen-bond donors (Lipinski definition) is 0. The summed E-state index contributed by atoms with van der Waals surface area (Å²) in [5.41, 5.74) is 0.856. The van der Waals surface area contributed by atoms with Gasteiger partial charge < -0.3 is 4.79 Å². The SMILES string of the molecule is CC1(C=O)CC1C#Cc1ccccc1. The number of aldehydes is 1. The van der Waals surface area contributed by atoms with Gasteiger partial charge in [0.1, 0.15) is 6.29 Å². The van der Waals surface area contributed by atoms with Gasteiger partial charge >= 0.3 is 0 Å². The molecular formula is C13H12O. The highest BCUT2D eigenvalue weighted by Crippen LogP contribution is 2.49. The molecule has 14 heavy (non-hydrogen) atoms. The molecule has 0 aromatic heterocycles. The van der Waals surface area contributed by atoms with Gasteiger partial charge in [-0.15, -0.1) is 0 Å². The van der Waals surface area contributed by atoms with Crippen LogP contribution >= 0.6 is 0 Å². The van der Waals surface area contributed by atoms with Crippen LogP contribution in [-0.4, -0.2) is 6.29 Å². The summed E-state index contributed by atoms with van der Waals surface area (Å²) in [5, 5.41) is 0. The monoisotopic (exact) mass is 184 g/mol. The lowest BCUT2D eigenvalue weighted by atomic mass is 10.1. The third-order valence-electron chi connectivity index (χ3n) is 2.71. The standard InChI is InChI=1S/C13H12O/c1-13(10-14)9-12(13)8-7-11-5-3-2-4-6-11/h2-6,10,12H,9H2,1H3. The fourth-order valence-electron chi connectivity index (χ4n) is 1.42. The van der Waals surface area contributed by atoms with Gasteiger partial charge in [0.15, 0.2) is 0 Å². The van der Waals surface area contributed by atoms with E-state index in [9.17, 15) is 4.79 Å². The fourth-order valence-corrected chi connectivity index (χ4v) is 1.42. The largest absolute Gasteiger partial charge is 0.303 e. The Balaban J connectivity index is 2.07. The molecule has 0 amide bonds. The van der Waals surface area contributed by atoms with Gasteiger partial charge in [-0.2, -0.15) is 0 Å². The first-order valence-electron chi connectivity index (χ1n) is 4.77. The lowest BCUT2D eigenvalue weighted by molar-refractivity contribution is -0.111. The molecule has 1 aliphatic carbocycles. The van der Waals surface area contributed by atoms with Crippen molar-refractivity contribution in [2.75, 3.05) is 0 Å². The number of rotatable bonds is 1. The summed E-state index contributed by atoms with van der Waals surface area (Å²) in [6, 6.07) is 9.87. The molecule has 1 fully saturated rings. The summed E-state index contributed by atoms with van der Waals surface area (Å²) >= 11 is 0. The van der Waals surface area contributed by atoms with Crippen molar-refractivity contribution in [2.24, 2.45) is 11.3 Å². The molecule has 2 unspecified atom stereocenters. The molecule has 0 bridgehead atoms. The van der Waals surface area contributed by atoms with Gasteiger partial charge in [-0.1, -0.05) is 37.0 Å². The molecule has 0 aliphatic heterocycles. The zero-order valence-corrected chi connectivity index (χ0v) is 8.16. The predicted molar refractivity (Wildman–Crippen MR) is 55.6 cm³/mol. The molecule has 0 spiro atoms. The normalized spacial score (nSPS) is 28.8. The van der Waals surface area contributed by atoms with Crippen LogP contribution in [0.15, 0.2) is 30.3 Å². The van der Waals surface area contributed by atoms with Crippen LogP contribution in [0.4, 0.5) is 0 Å². The first kappa shape index (κ1) is 9.02. The van der Waals surface area contributed by atoms with Gasteiger partial charge in [0.2, 0.25) is 0 Å². The minimum atomic E-state index is -0.165. The average Bonchev–Trinajstić information content (AvgIpc) is 2.90. The average molecular weight is 184 g/mol. The van der Waals surface area contributed by atoms with Crippen LogP contribution in [0.2, 0.25) is 0 Å². The van der Waals surface area contributed by atoms with Gasteiger partial charge in [0, 0.05) is 16.9 Å². The molecule has 1 aliphatic rings. The summed E-state index contributed by atoms with van der Waals surface area (Å²) in [7, 11) is 0. The van der Waals surface area contributed by atoms with Crippen LogP contribution in [0.5, 0.6) is 0 Å². The van der Waals surface area contributed by atoms with Crippen LogP contribution in [-0.2, 0) is 4.79 Å². The number of benzene rings is 1. The van der Waals surface area contributed by atoms with E-state index in [1.54, 1.807) is 0 Å². The molecule has 1 saturated carbocycles. The molecule has 0 radical (unpaired) electrons. The molecule has 2 rings (SSSR count). The molecule has 1 nitrogen and oxygen atoms in total. The highest BCUT2D eigenvalue weighted by Gasteiger charge is 2.49. The Bertz CT molecular complexity index is 396. The number of hydrogen-bond acceptors (Lipinski definition) is 1. The Morgan fingerprint density at radius 1 is 1.43 bits per heavy atom. The van der Waals surface area contributed by atoms with Crippen molar-refractivity contribution < 1.29 is 4.79 Å². The Hall–Kier alpha value is -1.55. The van der Waals surface area contributed by atoms with Crippen molar-refractivity contribution in [2.45, 2.75) is 13.3 Å². The maximum atomic E-state index is 10.6. The molecule has 0 N–H and O–H groups in total. The van der Waals surface area contributed by atoms with E-state index in [0.717, 1.165) is 18.3 Å². The molecule has 70 valence electrons. The topological polar surface area (TPSA) is 17.1 Å². The zero-order valence-electron chi connectivity index (χ0n) is 8.16. The third-order valence-corrected chi connectivity index (χ3v) is 2.71. The van der Waals surface area contributed by atoms with Crippen LogP contribution in [0.1, 0.15) is 18.9 Å². The van der Waals surface area contributed by atoms with E-state index in [2.05, 4.69) is 11.8 Å². The number of carbonyl (C=O) groups is 1. The first-order chi connectivity index (χ1) is 6.74. The van der Waals surface area contributed by atoms with Gasteiger partial charge in [-0.25, -0.2) is 0 Å². The Kier molecular flexibility index (Phi) is 2.13. The van der Waals surface area contributed by atoms with Crippen LogP contribution in [0, 0.1) is 23.2 Å². The quantitative estimate of drug-likeness (QED) is 0.483. The third kappa shape index (κ3) is 1.70. The van der Waals surface area contributed by atoms with Crippen molar-refractivity contribution in [1.29, 1.82) is 0 Å². The minimum absolute atomic E-state index is 0.165. The van der Waals surface area contributed by atoms with Crippen molar-refractivity contribution in [3.63, 3.8) is 0 Å². The second-order valence-electron chi connectivity index (χ2n) is 4.02. The molecule has 2 atom stereocenters. The van der Waals surface area contributed by atoms with E-state index in [4.69, 9.17) is 0 Å². The van der Waals surface area contributed by atoms with Gasteiger partial charge in [0.25, 0.3) is 0 Å². The van der Waals surface area contributed by atoms with Crippen LogP contribution in [0.25, 0.3) is 0 Å². The maximum absolute atomic E-state index is 10.6. The summed E-state index contributed by atoms with van der Waals surface area (Å²) < 4.78 is 0. The summed E-state index contributed by atoms with van der Waals surface area (Å²) in [6.45, 7) is 1.96. The van der Waals surface area contributed by atoms with Gasteiger partial charge in [0.05, 0.1) is 0 Å². The second-order valence-corrected chi connectivity index (χ2v) is 4.02. The van der Waals surface area contributed by atoms with E-state index in [1.807, 2.05) is 37.3 Å². The molecular weight excluding hydrogens is 172 g/mol. The van der Waals surface area contributed by atoms with E-state index in [-0.39, 0.29) is 11.3 Å².